The van der Waals surface area contributed by atoms with Gasteiger partial charge in [-0.05, 0) is 21.3 Å². The van der Waals surface area contributed by atoms with Crippen molar-refractivity contribution in [3.63, 3.8) is 0 Å². The van der Waals surface area contributed by atoms with E-state index < -0.39 is 21.6 Å². The van der Waals surface area contributed by atoms with Gasteiger partial charge in [0, 0.05) is 0 Å². The third-order valence-corrected chi connectivity index (χ3v) is 1.56. The van der Waals surface area contributed by atoms with Gasteiger partial charge in [0.1, 0.15) is 0 Å². The fourth-order valence-corrected chi connectivity index (χ4v) is 1.03. The first-order chi connectivity index (χ1) is 6.56. The average Bonchev–Trinajstić information content (AvgIpc) is 2.49. The fourth-order valence-electron chi connectivity index (χ4n) is 1.03. The summed E-state index contributed by atoms with van der Waals surface area (Å²) in [6.45, 7) is 2.16. The third-order valence-electron chi connectivity index (χ3n) is 1.56. The van der Waals surface area contributed by atoms with E-state index in [9.17, 15) is 20.2 Å². The van der Waals surface area contributed by atoms with Crippen LogP contribution in [0.1, 0.15) is 13.3 Å². The van der Waals surface area contributed by atoms with Crippen molar-refractivity contribution in [1.82, 2.24) is 9.55 Å². The van der Waals surface area contributed by atoms with Crippen molar-refractivity contribution in [2.24, 2.45) is 0 Å². The number of aromatic nitrogens is 2. The quantitative estimate of drug-likeness (QED) is 0.534. The van der Waals surface area contributed by atoms with Gasteiger partial charge < -0.3 is 20.2 Å². The molecular formula is C6H8N4O4. The van der Waals surface area contributed by atoms with E-state index in [1.807, 2.05) is 6.92 Å². The van der Waals surface area contributed by atoms with E-state index in [1.54, 1.807) is 0 Å². The largest absolute Gasteiger partial charge is 0.438 e. The Morgan fingerprint density at radius 2 is 2.07 bits per heavy atom. The van der Waals surface area contributed by atoms with Crippen molar-refractivity contribution in [2.75, 3.05) is 0 Å². The molecule has 0 bridgehead atoms. The predicted octanol–water partition coefficient (Wildman–Crippen LogP) is 1.11. The second-order valence-corrected chi connectivity index (χ2v) is 2.61. The average molecular weight is 200 g/mol. The maximum atomic E-state index is 10.4. The second kappa shape index (κ2) is 3.81. The van der Waals surface area contributed by atoms with Crippen LogP contribution in [0.15, 0.2) is 6.20 Å². The molecule has 76 valence electrons. The zero-order valence-corrected chi connectivity index (χ0v) is 7.41. The van der Waals surface area contributed by atoms with E-state index in [4.69, 9.17) is 0 Å². The summed E-state index contributed by atoms with van der Waals surface area (Å²) in [5, 5.41) is 20.7. The molecule has 0 aliphatic carbocycles. The molecule has 0 atom stereocenters. The zero-order chi connectivity index (χ0) is 10.7. The van der Waals surface area contributed by atoms with Gasteiger partial charge in [0.25, 0.3) is 0 Å². The number of rotatable bonds is 4. The standard InChI is InChI=1S/C6H8N4O4/c1-2-3-8-4-5(9(11)12)7-6(8)10(13)14/h4H,2-3H2,1H3. The first-order valence-electron chi connectivity index (χ1n) is 3.92. The van der Waals surface area contributed by atoms with Crippen molar-refractivity contribution < 1.29 is 9.85 Å². The predicted molar refractivity (Wildman–Crippen MR) is 45.8 cm³/mol. The first kappa shape index (κ1) is 10.1. The van der Waals surface area contributed by atoms with Crippen LogP contribution in [0.25, 0.3) is 0 Å². The molecule has 8 nitrogen and oxygen atoms in total. The van der Waals surface area contributed by atoms with Crippen molar-refractivity contribution in [3.8, 4) is 0 Å². The first-order valence-corrected chi connectivity index (χ1v) is 3.92. The summed E-state index contributed by atoms with van der Waals surface area (Å²) in [4.78, 5) is 22.5. The van der Waals surface area contributed by atoms with Gasteiger partial charge in [0.2, 0.25) is 0 Å². The molecule has 0 N–H and O–H groups in total. The van der Waals surface area contributed by atoms with Crippen LogP contribution >= 0.6 is 0 Å². The van der Waals surface area contributed by atoms with Crippen molar-refractivity contribution in [1.29, 1.82) is 0 Å². The maximum Gasteiger partial charge on any atom is 0.438 e. The minimum Gasteiger partial charge on any atom is -0.390 e. The van der Waals surface area contributed by atoms with Crippen LogP contribution < -0.4 is 0 Å². The Kier molecular flexibility index (Phi) is 2.75. The van der Waals surface area contributed by atoms with E-state index in [-0.39, 0.29) is 0 Å². The maximum absolute atomic E-state index is 10.4. The van der Waals surface area contributed by atoms with Crippen LogP contribution in [-0.4, -0.2) is 19.4 Å². The molecule has 0 unspecified atom stereocenters. The number of aryl methyl sites for hydroxylation is 1. The van der Waals surface area contributed by atoms with Gasteiger partial charge in [-0.2, -0.15) is 0 Å². The van der Waals surface area contributed by atoms with Crippen LogP contribution in [0.5, 0.6) is 0 Å². The van der Waals surface area contributed by atoms with Crippen molar-refractivity contribution >= 4 is 11.8 Å². The van der Waals surface area contributed by atoms with Crippen molar-refractivity contribution in [2.45, 2.75) is 19.9 Å². The summed E-state index contributed by atoms with van der Waals surface area (Å²) in [5.41, 5.74) is 0. The molecule has 0 amide bonds. The minimum atomic E-state index is -0.751. The summed E-state index contributed by atoms with van der Waals surface area (Å²) in [7, 11) is 0. The fraction of sp³-hybridized carbons (Fsp3) is 0.500. The van der Waals surface area contributed by atoms with E-state index in [1.165, 1.54) is 0 Å². The van der Waals surface area contributed by atoms with Gasteiger partial charge in [0.05, 0.1) is 6.54 Å². The van der Waals surface area contributed by atoms with E-state index in [0.29, 0.717) is 13.0 Å². The molecule has 8 heteroatoms. The molecule has 1 aromatic rings. The highest BCUT2D eigenvalue weighted by molar-refractivity contribution is 5.24. The molecule has 1 heterocycles. The molecule has 0 aliphatic heterocycles. The van der Waals surface area contributed by atoms with Crippen LogP contribution in [0.3, 0.4) is 0 Å². The number of hydrogen-bond donors (Lipinski definition) is 0. The Morgan fingerprint density at radius 1 is 1.43 bits per heavy atom. The van der Waals surface area contributed by atoms with Gasteiger partial charge in [-0.25, -0.2) is 4.57 Å². The summed E-state index contributed by atoms with van der Waals surface area (Å²) < 4.78 is 1.16. The van der Waals surface area contributed by atoms with Crippen molar-refractivity contribution in [3.05, 3.63) is 26.4 Å². The normalized spacial score (nSPS) is 10.1. The number of nitro groups is 2. The number of imidazole rings is 1. The topological polar surface area (TPSA) is 104 Å². The lowest BCUT2D eigenvalue weighted by molar-refractivity contribution is -0.403. The van der Waals surface area contributed by atoms with E-state index in [2.05, 4.69) is 4.98 Å². The lowest BCUT2D eigenvalue weighted by Crippen LogP contribution is -2.01. The van der Waals surface area contributed by atoms with Crippen LogP contribution in [0.4, 0.5) is 11.8 Å². The zero-order valence-electron chi connectivity index (χ0n) is 7.41. The van der Waals surface area contributed by atoms with Gasteiger partial charge in [-0.3, -0.25) is 0 Å². The molecule has 0 aliphatic rings. The molecule has 1 rings (SSSR count). The third kappa shape index (κ3) is 1.84. The van der Waals surface area contributed by atoms with E-state index in [0.717, 1.165) is 10.8 Å². The highest BCUT2D eigenvalue weighted by atomic mass is 16.6. The Labute approximate surface area is 78.5 Å². The summed E-state index contributed by atoms with van der Waals surface area (Å²) in [6.07, 6.45) is 1.72. The van der Waals surface area contributed by atoms with Gasteiger partial charge in [-0.1, -0.05) is 6.92 Å². The molecule has 14 heavy (non-hydrogen) atoms. The molecule has 0 aromatic carbocycles. The Balaban J connectivity index is 3.12. The number of hydrogen-bond acceptors (Lipinski definition) is 5. The van der Waals surface area contributed by atoms with Crippen LogP contribution in [0, 0.1) is 20.2 Å². The Hall–Kier alpha value is -1.99. The molecule has 0 saturated heterocycles. The minimum absolute atomic E-state index is 0.344. The van der Waals surface area contributed by atoms with Gasteiger partial charge >= 0.3 is 11.8 Å². The molecule has 0 radical (unpaired) electrons. The van der Waals surface area contributed by atoms with Crippen LogP contribution in [0.2, 0.25) is 0 Å². The SMILES string of the molecule is CCCn1cc([N+](=O)[O-])nc1[N+](=O)[O-]. The number of nitrogens with zero attached hydrogens (tertiary/aromatic N) is 4. The molecule has 1 aromatic heterocycles. The highest BCUT2D eigenvalue weighted by Gasteiger charge is 2.22. The molecule has 0 saturated carbocycles. The summed E-state index contributed by atoms with van der Waals surface area (Å²) in [5.74, 6) is -0.983. The van der Waals surface area contributed by atoms with E-state index >= 15 is 0 Å². The second-order valence-electron chi connectivity index (χ2n) is 2.61. The summed E-state index contributed by atoms with van der Waals surface area (Å²) >= 11 is 0. The highest BCUT2D eigenvalue weighted by Crippen LogP contribution is 2.17. The molecule has 0 spiro atoms. The molecule has 0 fully saturated rings. The smallest absolute Gasteiger partial charge is 0.390 e. The lowest BCUT2D eigenvalue weighted by atomic mass is 10.5. The lowest BCUT2D eigenvalue weighted by Gasteiger charge is -1.96. The molecular weight excluding hydrogens is 192 g/mol. The van der Waals surface area contributed by atoms with Gasteiger partial charge in [-0.15, -0.1) is 0 Å². The van der Waals surface area contributed by atoms with Crippen LogP contribution in [-0.2, 0) is 6.54 Å². The Bertz CT molecular complexity index is 372. The van der Waals surface area contributed by atoms with Gasteiger partial charge in [0.15, 0.2) is 6.20 Å². The Morgan fingerprint density at radius 3 is 2.50 bits per heavy atom. The monoisotopic (exact) mass is 200 g/mol. The summed E-state index contributed by atoms with van der Waals surface area (Å²) in [6, 6.07) is 0.